The predicted octanol–water partition coefficient (Wildman–Crippen LogP) is 2.39. The molecule has 0 aliphatic heterocycles. The summed E-state index contributed by atoms with van der Waals surface area (Å²) in [5.41, 5.74) is 6.80. The van der Waals surface area contributed by atoms with E-state index in [0.717, 1.165) is 10.0 Å². The second-order valence-corrected chi connectivity index (χ2v) is 4.69. The zero-order valence-electron chi connectivity index (χ0n) is 9.59. The van der Waals surface area contributed by atoms with Crippen LogP contribution in [0.2, 0.25) is 0 Å². The van der Waals surface area contributed by atoms with Crippen LogP contribution < -0.4 is 10.5 Å². The number of nitrogens with zero attached hydrogens (tertiary/aromatic N) is 3. The van der Waals surface area contributed by atoms with Crippen molar-refractivity contribution in [2.24, 2.45) is 12.8 Å². The van der Waals surface area contributed by atoms with Gasteiger partial charge in [0.2, 0.25) is 0 Å². The number of rotatable bonds is 3. The minimum Gasteiger partial charge on any atom is -0.423 e. The van der Waals surface area contributed by atoms with Gasteiger partial charge in [0.1, 0.15) is 12.1 Å². The van der Waals surface area contributed by atoms with Gasteiger partial charge in [0.05, 0.1) is 0 Å². The van der Waals surface area contributed by atoms with Crippen molar-refractivity contribution in [2.75, 3.05) is 0 Å². The highest BCUT2D eigenvalue weighted by Crippen LogP contribution is 2.30. The van der Waals surface area contributed by atoms with Crippen LogP contribution in [0.15, 0.2) is 29.0 Å². The minimum absolute atomic E-state index is 0.109. The van der Waals surface area contributed by atoms with Crippen LogP contribution in [0, 0.1) is 0 Å². The van der Waals surface area contributed by atoms with E-state index >= 15 is 0 Å². The van der Waals surface area contributed by atoms with Crippen LogP contribution in [-0.2, 0) is 7.05 Å². The van der Waals surface area contributed by atoms with Gasteiger partial charge in [-0.05, 0) is 19.1 Å². The second kappa shape index (κ2) is 4.85. The van der Waals surface area contributed by atoms with Gasteiger partial charge in [-0.15, -0.1) is 5.10 Å². The van der Waals surface area contributed by atoms with Gasteiger partial charge < -0.3 is 10.5 Å². The standard InChI is InChI=1S/C11H13BrN4O/c1-7(13)9-4-3-8(12)5-10(9)17-11-14-6-16(2)15-11/h3-7H,13H2,1-2H3. The van der Waals surface area contributed by atoms with E-state index in [9.17, 15) is 0 Å². The highest BCUT2D eigenvalue weighted by molar-refractivity contribution is 9.10. The van der Waals surface area contributed by atoms with Crippen molar-refractivity contribution >= 4 is 15.9 Å². The Morgan fingerprint density at radius 1 is 1.47 bits per heavy atom. The zero-order chi connectivity index (χ0) is 12.4. The highest BCUT2D eigenvalue weighted by Gasteiger charge is 2.11. The van der Waals surface area contributed by atoms with Gasteiger partial charge in [-0.25, -0.2) is 0 Å². The third-order valence-corrected chi connectivity index (χ3v) is 2.74. The molecule has 6 heteroatoms. The first-order valence-electron chi connectivity index (χ1n) is 5.15. The van der Waals surface area contributed by atoms with Crippen molar-refractivity contribution in [3.05, 3.63) is 34.6 Å². The van der Waals surface area contributed by atoms with Crippen LogP contribution in [0.3, 0.4) is 0 Å². The Bertz CT molecular complexity index is 524. The molecule has 0 radical (unpaired) electrons. The van der Waals surface area contributed by atoms with E-state index < -0.39 is 0 Å². The lowest BCUT2D eigenvalue weighted by molar-refractivity contribution is 0.430. The molecule has 2 rings (SSSR count). The van der Waals surface area contributed by atoms with E-state index in [-0.39, 0.29) is 6.04 Å². The van der Waals surface area contributed by atoms with Crippen LogP contribution in [0.4, 0.5) is 0 Å². The van der Waals surface area contributed by atoms with Crippen LogP contribution in [0.25, 0.3) is 0 Å². The van der Waals surface area contributed by atoms with E-state index in [4.69, 9.17) is 10.5 Å². The summed E-state index contributed by atoms with van der Waals surface area (Å²) in [5.74, 6) is 0.667. The van der Waals surface area contributed by atoms with Gasteiger partial charge in [-0.3, -0.25) is 4.68 Å². The van der Waals surface area contributed by atoms with E-state index in [2.05, 4.69) is 26.0 Å². The van der Waals surface area contributed by atoms with E-state index in [1.165, 1.54) is 0 Å². The Morgan fingerprint density at radius 2 is 2.24 bits per heavy atom. The van der Waals surface area contributed by atoms with Crippen LogP contribution >= 0.6 is 15.9 Å². The topological polar surface area (TPSA) is 66.0 Å². The number of benzene rings is 1. The SMILES string of the molecule is CC(N)c1ccc(Br)cc1Oc1ncn(C)n1. The lowest BCUT2D eigenvalue weighted by atomic mass is 10.1. The molecule has 0 bridgehead atoms. The number of ether oxygens (including phenoxy) is 1. The number of aromatic nitrogens is 3. The summed E-state index contributed by atoms with van der Waals surface area (Å²) in [6.07, 6.45) is 1.58. The average Bonchev–Trinajstić information content (AvgIpc) is 2.63. The molecule has 1 heterocycles. The maximum Gasteiger partial charge on any atom is 0.340 e. The second-order valence-electron chi connectivity index (χ2n) is 3.77. The lowest BCUT2D eigenvalue weighted by Gasteiger charge is -2.11. The molecule has 1 aromatic carbocycles. The molecule has 2 aromatic rings. The first-order valence-corrected chi connectivity index (χ1v) is 5.94. The zero-order valence-corrected chi connectivity index (χ0v) is 11.2. The molecule has 2 N–H and O–H groups in total. The van der Waals surface area contributed by atoms with Crippen molar-refractivity contribution in [2.45, 2.75) is 13.0 Å². The molecule has 0 amide bonds. The highest BCUT2D eigenvalue weighted by atomic mass is 79.9. The summed E-state index contributed by atoms with van der Waals surface area (Å²) in [6, 6.07) is 5.91. The molecule has 0 spiro atoms. The number of hydrogen-bond acceptors (Lipinski definition) is 4. The van der Waals surface area contributed by atoms with Crippen molar-refractivity contribution in [1.29, 1.82) is 0 Å². The summed E-state index contributed by atoms with van der Waals surface area (Å²) in [4.78, 5) is 4.01. The molecule has 1 atom stereocenters. The van der Waals surface area contributed by atoms with Gasteiger partial charge in [0.25, 0.3) is 0 Å². The Balaban J connectivity index is 2.33. The Morgan fingerprint density at radius 3 is 2.82 bits per heavy atom. The first-order chi connectivity index (χ1) is 8.06. The Kier molecular flexibility index (Phi) is 3.44. The maximum absolute atomic E-state index is 5.88. The van der Waals surface area contributed by atoms with Crippen molar-refractivity contribution < 1.29 is 4.74 Å². The summed E-state index contributed by atoms with van der Waals surface area (Å²) in [6.45, 7) is 1.90. The Labute approximate surface area is 108 Å². The molecule has 1 aromatic heterocycles. The fourth-order valence-electron chi connectivity index (χ4n) is 1.44. The fraction of sp³-hybridized carbons (Fsp3) is 0.273. The van der Waals surface area contributed by atoms with E-state index in [0.29, 0.717) is 11.8 Å². The molecule has 0 aliphatic carbocycles. The third kappa shape index (κ3) is 2.83. The normalized spacial score (nSPS) is 12.5. The quantitative estimate of drug-likeness (QED) is 0.944. The predicted molar refractivity (Wildman–Crippen MR) is 67.8 cm³/mol. The van der Waals surface area contributed by atoms with Gasteiger partial charge in [0, 0.05) is 23.1 Å². The number of hydrogen-bond donors (Lipinski definition) is 1. The molecule has 90 valence electrons. The van der Waals surface area contributed by atoms with Crippen molar-refractivity contribution in [3.8, 4) is 11.8 Å². The third-order valence-electron chi connectivity index (χ3n) is 2.25. The van der Waals surface area contributed by atoms with Crippen molar-refractivity contribution in [1.82, 2.24) is 14.8 Å². The molecule has 0 fully saturated rings. The maximum atomic E-state index is 5.88. The molecule has 0 saturated carbocycles. The van der Waals surface area contributed by atoms with Crippen LogP contribution in [-0.4, -0.2) is 14.8 Å². The number of halogens is 1. The smallest absolute Gasteiger partial charge is 0.340 e. The van der Waals surface area contributed by atoms with Gasteiger partial charge in [0.15, 0.2) is 0 Å². The summed E-state index contributed by atoms with van der Waals surface area (Å²) >= 11 is 3.40. The van der Waals surface area contributed by atoms with Crippen molar-refractivity contribution in [3.63, 3.8) is 0 Å². The van der Waals surface area contributed by atoms with E-state index in [1.807, 2.05) is 25.1 Å². The molecular weight excluding hydrogens is 284 g/mol. The number of nitrogens with two attached hydrogens (primary N) is 1. The fourth-order valence-corrected chi connectivity index (χ4v) is 1.78. The molecule has 5 nitrogen and oxygen atoms in total. The van der Waals surface area contributed by atoms with E-state index in [1.54, 1.807) is 18.1 Å². The lowest BCUT2D eigenvalue weighted by Crippen LogP contribution is -2.06. The molecule has 1 unspecified atom stereocenters. The first kappa shape index (κ1) is 12.1. The largest absolute Gasteiger partial charge is 0.423 e. The molecule has 17 heavy (non-hydrogen) atoms. The van der Waals surface area contributed by atoms with Gasteiger partial charge in [-0.1, -0.05) is 22.0 Å². The molecule has 0 saturated heterocycles. The Hall–Kier alpha value is -1.40. The number of aryl methyl sites for hydroxylation is 1. The van der Waals surface area contributed by atoms with Crippen LogP contribution in [0.5, 0.6) is 11.8 Å². The van der Waals surface area contributed by atoms with Gasteiger partial charge in [-0.2, -0.15) is 4.98 Å². The molecule has 0 aliphatic rings. The summed E-state index contributed by atoms with van der Waals surface area (Å²) < 4.78 is 8.13. The monoisotopic (exact) mass is 296 g/mol. The summed E-state index contributed by atoms with van der Waals surface area (Å²) in [7, 11) is 1.78. The van der Waals surface area contributed by atoms with Gasteiger partial charge >= 0.3 is 6.01 Å². The average molecular weight is 297 g/mol. The summed E-state index contributed by atoms with van der Waals surface area (Å²) in [5, 5.41) is 4.06. The molecular formula is C11H13BrN4O. The minimum atomic E-state index is -0.109. The van der Waals surface area contributed by atoms with Crippen LogP contribution in [0.1, 0.15) is 18.5 Å².